The maximum Gasteiger partial charge on any atom is 2.00 e. The summed E-state index contributed by atoms with van der Waals surface area (Å²) in [6.07, 6.45) is 0. The topological polar surface area (TPSA) is 198 Å². The minimum Gasteiger partial charge on any atom is -0.450 e. The second-order valence-corrected chi connectivity index (χ2v) is 11.7. The van der Waals surface area contributed by atoms with Crippen molar-refractivity contribution in [2.24, 2.45) is 0 Å². The number of nitrogens with zero attached hydrogens (tertiary/aromatic N) is 6. The molecule has 0 amide bonds. The van der Waals surface area contributed by atoms with E-state index in [4.69, 9.17) is 8.83 Å². The first-order chi connectivity index (χ1) is 21.3. The zero-order chi connectivity index (χ0) is 30.8. The van der Waals surface area contributed by atoms with Gasteiger partial charge in [-0.05, 0) is 48.5 Å². The largest absolute Gasteiger partial charge is 2.00 e. The summed E-state index contributed by atoms with van der Waals surface area (Å²) in [6, 6.07) is 33.7. The minimum absolute atomic E-state index is 0. The van der Waals surface area contributed by atoms with Gasteiger partial charge in [-0.25, -0.2) is 16.8 Å². The molecule has 0 spiro atoms. The van der Waals surface area contributed by atoms with Gasteiger partial charge in [0.15, 0.2) is 0 Å². The molecule has 2 N–H and O–H groups in total. The number of hydrogen-bond donors (Lipinski definition) is 2. The Labute approximate surface area is 271 Å². The van der Waals surface area contributed by atoms with Gasteiger partial charge >= 0.3 is 19.5 Å². The average Bonchev–Trinajstić information content (AvgIpc) is 3.76. The Morgan fingerprint density at radius 3 is 1.11 bits per heavy atom. The van der Waals surface area contributed by atoms with Crippen LogP contribution in [0.3, 0.4) is 0 Å². The van der Waals surface area contributed by atoms with E-state index >= 15 is 0 Å². The van der Waals surface area contributed by atoms with Crippen molar-refractivity contribution in [2.75, 3.05) is 10.9 Å². The predicted octanol–water partition coefficient (Wildman–Crippen LogP) is 5.65. The zero-order valence-corrected chi connectivity index (χ0v) is 27.8. The third-order valence-corrected chi connectivity index (χ3v) is 7.90. The summed E-state index contributed by atoms with van der Waals surface area (Å²) in [5.74, 6) is 0.547. The Hall–Kier alpha value is -4.80. The van der Waals surface area contributed by atoms with Crippen LogP contribution in [-0.4, -0.2) is 37.2 Å². The van der Waals surface area contributed by atoms with E-state index in [1.165, 1.54) is 24.3 Å². The minimum atomic E-state index is -3.83. The quantitative estimate of drug-likeness (QED) is 0.132. The van der Waals surface area contributed by atoms with Gasteiger partial charge in [0.25, 0.3) is 12.0 Å². The molecular weight excluding hydrogens is 674 g/mol. The van der Waals surface area contributed by atoms with Crippen LogP contribution in [0, 0.1) is 0 Å². The molecule has 0 aliphatic rings. The molecule has 2 aromatic heterocycles. The van der Waals surface area contributed by atoms with Crippen LogP contribution in [0.25, 0.3) is 32.6 Å². The first kappa shape index (κ1) is 33.1. The summed E-state index contributed by atoms with van der Waals surface area (Å²) in [4.78, 5) is 7.01. The molecule has 4 aromatic carbocycles. The van der Waals surface area contributed by atoms with Gasteiger partial charge in [0.05, 0.1) is 0 Å². The molecule has 0 bridgehead atoms. The van der Waals surface area contributed by atoms with Gasteiger partial charge < -0.3 is 29.3 Å². The Bertz CT molecular complexity index is 1850. The molecule has 0 fully saturated rings. The van der Waals surface area contributed by atoms with E-state index in [1.807, 2.05) is 36.4 Å². The summed E-state index contributed by atoms with van der Waals surface area (Å²) in [6.45, 7) is 0. The molecule has 2 heterocycles. The van der Waals surface area contributed by atoms with Gasteiger partial charge in [0.2, 0.25) is 11.8 Å². The molecule has 45 heavy (non-hydrogen) atoms. The second kappa shape index (κ2) is 15.3. The van der Waals surface area contributed by atoms with Crippen molar-refractivity contribution >= 4 is 32.1 Å². The molecule has 0 aliphatic heterocycles. The molecule has 224 valence electrons. The molecular formula is C28H22N8O6S2Zn. The summed E-state index contributed by atoms with van der Waals surface area (Å²) < 4.78 is 58.5. The number of benzene rings is 4. The van der Waals surface area contributed by atoms with Crippen molar-refractivity contribution < 1.29 is 45.1 Å². The molecule has 0 unspecified atom stereocenters. The molecule has 0 saturated carbocycles. The summed E-state index contributed by atoms with van der Waals surface area (Å²) in [5, 5.41) is 15.1. The van der Waals surface area contributed by atoms with E-state index in [0.29, 0.717) is 0 Å². The Balaban J connectivity index is 0.000000200. The third-order valence-electron chi connectivity index (χ3n) is 5.50. The van der Waals surface area contributed by atoms with Crippen molar-refractivity contribution in [3.8, 4) is 22.9 Å². The number of anilines is 2. The van der Waals surface area contributed by atoms with Gasteiger partial charge in [0, 0.05) is 20.9 Å². The average molecular weight is 696 g/mol. The molecule has 0 atom stereocenters. The van der Waals surface area contributed by atoms with Crippen molar-refractivity contribution in [3.63, 3.8) is 0 Å². The van der Waals surface area contributed by atoms with Crippen molar-refractivity contribution in [1.29, 1.82) is 0 Å². The van der Waals surface area contributed by atoms with Crippen LogP contribution in [0.15, 0.2) is 140 Å². The van der Waals surface area contributed by atoms with Crippen molar-refractivity contribution in [2.45, 2.75) is 9.79 Å². The second-order valence-electron chi connectivity index (χ2n) is 8.54. The van der Waals surface area contributed by atoms with Crippen LogP contribution in [-0.2, 0) is 39.5 Å². The monoisotopic (exact) mass is 694 g/mol. The van der Waals surface area contributed by atoms with E-state index < -0.39 is 20.0 Å². The maximum atomic E-state index is 12.0. The first-order valence-corrected chi connectivity index (χ1v) is 15.5. The van der Waals surface area contributed by atoms with Crippen molar-refractivity contribution in [1.82, 2.24) is 20.4 Å². The van der Waals surface area contributed by atoms with Crippen LogP contribution < -0.4 is 10.9 Å². The van der Waals surface area contributed by atoms with E-state index in [2.05, 4.69) is 40.9 Å². The molecule has 14 nitrogen and oxygen atoms in total. The van der Waals surface area contributed by atoms with E-state index in [1.54, 1.807) is 60.7 Å². The number of nitrogens with one attached hydrogen (secondary N) is 2. The fourth-order valence-electron chi connectivity index (χ4n) is 3.42. The molecule has 0 saturated heterocycles. The predicted molar refractivity (Wildman–Crippen MR) is 161 cm³/mol. The van der Waals surface area contributed by atoms with Crippen LogP contribution in [0.1, 0.15) is 0 Å². The standard InChI is InChI=1S/2C14H11N4O3S.Zn/c2*19-22(20,12-9-5-2-6-10-12)18-17-14-16-15-13(21-14)11-7-3-1-4-8-11;/h2*1-10H,(H,16,17);/q2*-1;+2. The van der Waals surface area contributed by atoms with Gasteiger partial charge in [0.1, 0.15) is 20.0 Å². The van der Waals surface area contributed by atoms with Crippen LogP contribution in [0.5, 0.6) is 0 Å². The van der Waals surface area contributed by atoms with Crippen LogP contribution in [0.2, 0.25) is 0 Å². The van der Waals surface area contributed by atoms with Crippen molar-refractivity contribution in [3.05, 3.63) is 131 Å². The first-order valence-electron chi connectivity index (χ1n) is 12.6. The number of hydrogen-bond acceptors (Lipinski definition) is 12. The van der Waals surface area contributed by atoms with E-state index in [0.717, 1.165) is 11.1 Å². The molecule has 17 heteroatoms. The van der Waals surface area contributed by atoms with Gasteiger partial charge in [-0.15, -0.1) is 10.2 Å². The van der Waals surface area contributed by atoms with Gasteiger partial charge in [-0.1, -0.05) is 83.0 Å². The smallest absolute Gasteiger partial charge is 0.450 e. The Morgan fingerprint density at radius 1 is 0.467 bits per heavy atom. The molecule has 6 aromatic rings. The fraction of sp³-hybridized carbons (Fsp3) is 0. The van der Waals surface area contributed by atoms with Crippen LogP contribution in [0.4, 0.5) is 12.0 Å². The number of aromatic nitrogens is 4. The van der Waals surface area contributed by atoms with E-state index in [9.17, 15) is 16.8 Å². The Morgan fingerprint density at radius 2 is 0.778 bits per heavy atom. The summed E-state index contributed by atoms with van der Waals surface area (Å²) >= 11 is 0. The zero-order valence-electron chi connectivity index (χ0n) is 23.2. The molecule has 0 radical (unpaired) electrons. The summed E-state index contributed by atoms with van der Waals surface area (Å²) in [5.41, 5.74) is 6.00. The fourth-order valence-corrected chi connectivity index (χ4v) is 5.03. The normalized spacial score (nSPS) is 11.0. The van der Waals surface area contributed by atoms with Gasteiger partial charge in [-0.2, -0.15) is 0 Å². The maximum absolute atomic E-state index is 12.0. The molecule has 6 rings (SSSR count). The Kier molecular flexibility index (Phi) is 11.2. The molecule has 0 aliphatic carbocycles. The van der Waals surface area contributed by atoms with Gasteiger partial charge in [-0.3, -0.25) is 0 Å². The van der Waals surface area contributed by atoms with E-state index in [-0.39, 0.29) is 53.1 Å². The number of sulfonamides is 2. The number of rotatable bonds is 10. The van der Waals surface area contributed by atoms with Crippen LogP contribution >= 0.6 is 0 Å². The third kappa shape index (κ3) is 9.10. The summed E-state index contributed by atoms with van der Waals surface area (Å²) in [7, 11) is -7.66. The SMILES string of the molecule is O=S(=O)([N-]Nc1nnc(-c2ccccc2)o1)c1ccccc1.O=S(=O)([N-]Nc1nnc(-c2ccccc2)o1)c1ccccc1.[Zn+2].